The Morgan fingerprint density at radius 1 is 1.09 bits per heavy atom. The molecule has 182 valence electrons. The van der Waals surface area contributed by atoms with Crippen LogP contribution in [0, 0.1) is 0 Å². The molecule has 0 saturated carbocycles. The number of aryl methyl sites for hydroxylation is 1. The predicted molar refractivity (Wildman–Crippen MR) is 133 cm³/mol. The van der Waals surface area contributed by atoms with Crippen molar-refractivity contribution >= 4 is 11.6 Å². The Balaban J connectivity index is 1.34. The summed E-state index contributed by atoms with van der Waals surface area (Å²) in [4.78, 5) is 33.5. The lowest BCUT2D eigenvalue weighted by Gasteiger charge is -2.29. The summed E-state index contributed by atoms with van der Waals surface area (Å²) in [5.74, 6) is 1.66. The van der Waals surface area contributed by atoms with Crippen molar-refractivity contribution < 1.29 is 14.3 Å². The maximum Gasteiger partial charge on any atom is 0.257 e. The number of hydrogen-bond donors (Lipinski definition) is 1. The number of carbonyl (C=O) groups is 1. The van der Waals surface area contributed by atoms with Gasteiger partial charge in [0, 0.05) is 43.4 Å². The highest BCUT2D eigenvalue weighted by molar-refractivity contribution is 5.91. The van der Waals surface area contributed by atoms with Crippen molar-refractivity contribution in [2.75, 3.05) is 25.1 Å². The highest BCUT2D eigenvalue weighted by Gasteiger charge is 2.24. The third-order valence-corrected chi connectivity index (χ3v) is 6.33. The summed E-state index contributed by atoms with van der Waals surface area (Å²) >= 11 is 0. The Hall–Kier alpha value is -3.65. The molecule has 0 bridgehead atoms. The Bertz CT molecular complexity index is 1270. The molecule has 2 aliphatic heterocycles. The van der Waals surface area contributed by atoms with Crippen LogP contribution in [0.1, 0.15) is 36.0 Å². The van der Waals surface area contributed by atoms with Crippen molar-refractivity contribution in [3.05, 3.63) is 81.5 Å². The zero-order chi connectivity index (χ0) is 24.2. The van der Waals surface area contributed by atoms with Gasteiger partial charge in [-0.15, -0.1) is 0 Å². The number of nitrogens with one attached hydrogen (secondary N) is 1. The lowest BCUT2D eigenvalue weighted by Crippen LogP contribution is -2.40. The van der Waals surface area contributed by atoms with Crippen LogP contribution in [-0.2, 0) is 37.3 Å². The molecule has 0 saturated heterocycles. The summed E-state index contributed by atoms with van der Waals surface area (Å²) in [5.41, 5.74) is 3.31. The van der Waals surface area contributed by atoms with Crippen LogP contribution < -0.4 is 20.3 Å². The lowest BCUT2D eigenvalue weighted by molar-refractivity contribution is -0.116. The van der Waals surface area contributed by atoms with E-state index in [-0.39, 0.29) is 18.0 Å². The second-order valence-corrected chi connectivity index (χ2v) is 8.95. The number of nitrogens with zero attached hydrogens (tertiary/aromatic N) is 3. The second kappa shape index (κ2) is 10.3. The lowest BCUT2D eigenvalue weighted by atomic mass is 10.0. The molecule has 1 amide bonds. The fourth-order valence-electron chi connectivity index (χ4n) is 4.65. The minimum Gasteiger partial charge on any atom is -0.486 e. The molecule has 0 aliphatic carbocycles. The molecule has 3 heterocycles. The van der Waals surface area contributed by atoms with Crippen molar-refractivity contribution in [1.29, 1.82) is 0 Å². The van der Waals surface area contributed by atoms with Crippen LogP contribution in [0.25, 0.3) is 0 Å². The smallest absolute Gasteiger partial charge is 0.257 e. The normalized spacial score (nSPS) is 14.9. The number of anilines is 1. The van der Waals surface area contributed by atoms with Gasteiger partial charge in [0.2, 0.25) is 5.91 Å². The van der Waals surface area contributed by atoms with Crippen LogP contribution in [0.4, 0.5) is 5.69 Å². The molecule has 2 aliphatic rings. The molecule has 8 nitrogen and oxygen atoms in total. The number of carbonyl (C=O) groups excluding carboxylic acids is 1. The van der Waals surface area contributed by atoms with Crippen molar-refractivity contribution in [3.8, 4) is 11.5 Å². The fourth-order valence-corrected chi connectivity index (χ4v) is 4.65. The maximum absolute atomic E-state index is 13.4. The number of benzene rings is 2. The first-order valence-corrected chi connectivity index (χ1v) is 12.2. The van der Waals surface area contributed by atoms with E-state index >= 15 is 0 Å². The Morgan fingerprint density at radius 2 is 1.89 bits per heavy atom. The minimum absolute atomic E-state index is 0.0728. The van der Waals surface area contributed by atoms with Crippen molar-refractivity contribution in [3.63, 3.8) is 0 Å². The first-order chi connectivity index (χ1) is 17.1. The molecule has 0 atom stereocenters. The number of aromatic nitrogens is 2. The van der Waals surface area contributed by atoms with Gasteiger partial charge in [0.15, 0.2) is 11.5 Å². The van der Waals surface area contributed by atoms with Gasteiger partial charge < -0.3 is 14.8 Å². The van der Waals surface area contributed by atoms with Gasteiger partial charge in [-0.25, -0.2) is 4.98 Å². The van der Waals surface area contributed by atoms with E-state index in [0.717, 1.165) is 30.8 Å². The number of rotatable bonds is 7. The molecule has 3 aromatic rings. The van der Waals surface area contributed by atoms with Gasteiger partial charge in [0.1, 0.15) is 25.6 Å². The van der Waals surface area contributed by atoms with Gasteiger partial charge in [-0.2, -0.15) is 0 Å². The van der Waals surface area contributed by atoms with Gasteiger partial charge in [0.25, 0.3) is 5.56 Å². The molecule has 1 aromatic heterocycles. The van der Waals surface area contributed by atoms with Crippen LogP contribution in [0.2, 0.25) is 0 Å². The third kappa shape index (κ3) is 5.22. The number of hydrogen-bond acceptors (Lipinski definition) is 6. The summed E-state index contributed by atoms with van der Waals surface area (Å²) in [7, 11) is 0. The highest BCUT2D eigenvalue weighted by atomic mass is 16.6. The standard InChI is InChI=1S/C27H30N4O4/c1-2-6-25-29-22-17-30(16-19-7-4-3-5-8-19)12-11-21(22)27(33)31(25)18-26(32)28-20-9-10-23-24(15-20)35-14-13-34-23/h3-5,7-10,15H,2,6,11-14,16-18H2,1H3,(H,28,32). The van der Waals surface area contributed by atoms with E-state index < -0.39 is 0 Å². The van der Waals surface area contributed by atoms with Crippen LogP contribution in [0.5, 0.6) is 11.5 Å². The number of ether oxygens (including phenoxy) is 2. The first-order valence-electron chi connectivity index (χ1n) is 12.2. The van der Waals surface area contributed by atoms with E-state index in [4.69, 9.17) is 14.5 Å². The van der Waals surface area contributed by atoms with E-state index in [1.807, 2.05) is 25.1 Å². The topological polar surface area (TPSA) is 85.7 Å². The molecule has 1 N–H and O–H groups in total. The quantitative estimate of drug-likeness (QED) is 0.566. The van der Waals surface area contributed by atoms with E-state index in [9.17, 15) is 9.59 Å². The third-order valence-electron chi connectivity index (χ3n) is 6.33. The Kier molecular flexibility index (Phi) is 6.81. The average Bonchev–Trinajstić information content (AvgIpc) is 2.87. The van der Waals surface area contributed by atoms with E-state index in [1.54, 1.807) is 22.8 Å². The van der Waals surface area contributed by atoms with Crippen LogP contribution in [0.3, 0.4) is 0 Å². The molecule has 0 unspecified atom stereocenters. The van der Waals surface area contributed by atoms with Crippen molar-refractivity contribution in [1.82, 2.24) is 14.5 Å². The van der Waals surface area contributed by atoms with E-state index in [0.29, 0.717) is 55.6 Å². The molecule has 0 radical (unpaired) electrons. The highest BCUT2D eigenvalue weighted by Crippen LogP contribution is 2.32. The van der Waals surface area contributed by atoms with Gasteiger partial charge in [0.05, 0.1) is 5.69 Å². The molecule has 35 heavy (non-hydrogen) atoms. The molecule has 8 heteroatoms. The molecule has 0 spiro atoms. The molecule has 2 aromatic carbocycles. The fraction of sp³-hybridized carbons (Fsp3) is 0.370. The molecule has 5 rings (SSSR count). The van der Waals surface area contributed by atoms with Crippen LogP contribution in [-0.4, -0.2) is 40.1 Å². The monoisotopic (exact) mass is 474 g/mol. The van der Waals surface area contributed by atoms with E-state index in [2.05, 4.69) is 22.3 Å². The first kappa shape index (κ1) is 23.1. The van der Waals surface area contributed by atoms with Crippen molar-refractivity contribution in [2.24, 2.45) is 0 Å². The summed E-state index contributed by atoms with van der Waals surface area (Å²) < 4.78 is 12.7. The van der Waals surface area contributed by atoms with Gasteiger partial charge in [-0.05, 0) is 30.5 Å². The zero-order valence-electron chi connectivity index (χ0n) is 20.0. The zero-order valence-corrected chi connectivity index (χ0v) is 20.0. The second-order valence-electron chi connectivity index (χ2n) is 8.95. The number of amides is 1. The van der Waals surface area contributed by atoms with Crippen LogP contribution >= 0.6 is 0 Å². The summed E-state index contributed by atoms with van der Waals surface area (Å²) in [6.45, 7) is 5.21. The maximum atomic E-state index is 13.4. The van der Waals surface area contributed by atoms with Gasteiger partial charge in [-0.3, -0.25) is 19.1 Å². The predicted octanol–water partition coefficient (Wildman–Crippen LogP) is 3.16. The van der Waals surface area contributed by atoms with Crippen LogP contribution in [0.15, 0.2) is 53.3 Å². The molecule has 0 fully saturated rings. The Labute approximate surface area is 204 Å². The average molecular weight is 475 g/mol. The minimum atomic E-state index is -0.274. The summed E-state index contributed by atoms with van der Waals surface area (Å²) in [6, 6.07) is 15.6. The summed E-state index contributed by atoms with van der Waals surface area (Å²) in [5, 5.41) is 2.88. The Morgan fingerprint density at radius 3 is 2.69 bits per heavy atom. The number of fused-ring (bicyclic) bond motifs is 2. The largest absolute Gasteiger partial charge is 0.486 e. The molecular formula is C27H30N4O4. The SMILES string of the molecule is CCCc1nc2c(c(=O)n1CC(=O)Nc1ccc3c(c1)OCCO3)CCN(Cc1ccccc1)C2. The van der Waals surface area contributed by atoms with E-state index in [1.165, 1.54) is 5.56 Å². The molecular weight excluding hydrogens is 444 g/mol. The summed E-state index contributed by atoms with van der Waals surface area (Å²) in [6.07, 6.45) is 2.10. The van der Waals surface area contributed by atoms with Gasteiger partial charge >= 0.3 is 0 Å². The van der Waals surface area contributed by atoms with Crippen molar-refractivity contribution in [2.45, 2.75) is 45.8 Å². The van der Waals surface area contributed by atoms with Gasteiger partial charge in [-0.1, -0.05) is 37.3 Å².